The Morgan fingerprint density at radius 2 is 2.24 bits per heavy atom. The van der Waals surface area contributed by atoms with Crippen molar-refractivity contribution in [2.24, 2.45) is 0 Å². The molecule has 4 nitrogen and oxygen atoms in total. The van der Waals surface area contributed by atoms with Gasteiger partial charge in [0.2, 0.25) is 0 Å². The Bertz CT molecular complexity index is 493. The minimum Gasteiger partial charge on any atom is -0.482 e. The third kappa shape index (κ3) is 4.35. The Morgan fingerprint density at radius 3 is 2.95 bits per heavy atom. The summed E-state index contributed by atoms with van der Waals surface area (Å²) in [6.07, 6.45) is 2.37. The largest absolute Gasteiger partial charge is 0.482 e. The molecule has 1 N–H and O–H groups in total. The first-order valence-corrected chi connectivity index (χ1v) is 8.00. The van der Waals surface area contributed by atoms with E-state index >= 15 is 0 Å². The number of unbranched alkanes of at least 4 members (excludes halogenated alkanes) is 1. The summed E-state index contributed by atoms with van der Waals surface area (Å²) in [6, 6.07) is 5.77. The lowest BCUT2D eigenvalue weighted by Crippen LogP contribution is -2.28. The van der Waals surface area contributed by atoms with Gasteiger partial charge in [0.05, 0.1) is 11.1 Å². The second kappa shape index (κ2) is 7.66. The fraction of sp³-hybridized carbons (Fsp3) is 0.562. The third-order valence-electron chi connectivity index (χ3n) is 3.69. The average Bonchev–Trinajstić information content (AvgIpc) is 2.50. The van der Waals surface area contributed by atoms with E-state index in [9.17, 15) is 4.79 Å². The van der Waals surface area contributed by atoms with Gasteiger partial charge in [0.25, 0.3) is 5.91 Å². The second-order valence-corrected chi connectivity index (χ2v) is 5.83. The standard InChI is InChI=1S/C16H23ClN2O2/c1-3-5-8-19(4-2)10-13(17)12-6-7-15-14(9-12)18-16(20)11-21-15/h6-7,9,13H,3-5,8,10-11H2,1-2H3,(H,18,20). The zero-order valence-electron chi connectivity index (χ0n) is 12.7. The van der Waals surface area contributed by atoms with Crippen molar-refractivity contribution < 1.29 is 9.53 Å². The van der Waals surface area contributed by atoms with Crippen LogP contribution in [0.4, 0.5) is 5.69 Å². The summed E-state index contributed by atoms with van der Waals surface area (Å²) in [5.41, 5.74) is 1.72. The number of alkyl halides is 1. The molecule has 0 saturated carbocycles. The van der Waals surface area contributed by atoms with Crippen molar-refractivity contribution in [3.8, 4) is 5.75 Å². The number of fused-ring (bicyclic) bond motifs is 1. The Hall–Kier alpha value is -1.26. The highest BCUT2D eigenvalue weighted by Gasteiger charge is 2.19. The number of halogens is 1. The van der Waals surface area contributed by atoms with E-state index in [0.29, 0.717) is 11.4 Å². The van der Waals surface area contributed by atoms with Gasteiger partial charge in [-0.05, 0) is 37.2 Å². The monoisotopic (exact) mass is 310 g/mol. The van der Waals surface area contributed by atoms with E-state index in [4.69, 9.17) is 16.3 Å². The van der Waals surface area contributed by atoms with E-state index in [0.717, 1.165) is 25.2 Å². The molecule has 1 heterocycles. The third-order valence-corrected chi connectivity index (χ3v) is 4.08. The molecule has 5 heteroatoms. The first kappa shape index (κ1) is 16.1. The maximum Gasteiger partial charge on any atom is 0.262 e. The number of ether oxygens (including phenoxy) is 1. The lowest BCUT2D eigenvalue weighted by atomic mass is 10.1. The molecule has 1 unspecified atom stereocenters. The van der Waals surface area contributed by atoms with Gasteiger partial charge in [0.1, 0.15) is 5.75 Å². The molecule has 0 fully saturated rings. The van der Waals surface area contributed by atoms with Crippen LogP contribution >= 0.6 is 11.6 Å². The van der Waals surface area contributed by atoms with Gasteiger partial charge in [0.15, 0.2) is 6.61 Å². The quantitative estimate of drug-likeness (QED) is 0.785. The van der Waals surface area contributed by atoms with Crippen molar-refractivity contribution in [3.05, 3.63) is 23.8 Å². The minimum absolute atomic E-state index is 0.0806. The van der Waals surface area contributed by atoms with Crippen molar-refractivity contribution >= 4 is 23.2 Å². The van der Waals surface area contributed by atoms with Crippen LogP contribution in [0.5, 0.6) is 5.75 Å². The van der Waals surface area contributed by atoms with Crippen LogP contribution in [0.2, 0.25) is 0 Å². The van der Waals surface area contributed by atoms with Gasteiger partial charge in [-0.1, -0.05) is 26.3 Å². The van der Waals surface area contributed by atoms with Gasteiger partial charge < -0.3 is 15.0 Å². The van der Waals surface area contributed by atoms with Gasteiger partial charge in [-0.25, -0.2) is 0 Å². The minimum atomic E-state index is -0.121. The molecule has 0 spiro atoms. The molecule has 1 aliphatic heterocycles. The Kier molecular flexibility index (Phi) is 5.88. The van der Waals surface area contributed by atoms with Gasteiger partial charge in [0, 0.05) is 6.54 Å². The number of nitrogens with one attached hydrogen (secondary N) is 1. The van der Waals surface area contributed by atoms with Gasteiger partial charge >= 0.3 is 0 Å². The summed E-state index contributed by atoms with van der Waals surface area (Å²) < 4.78 is 5.36. The zero-order chi connectivity index (χ0) is 15.2. The van der Waals surface area contributed by atoms with Gasteiger partial charge in [-0.3, -0.25) is 4.79 Å². The summed E-state index contributed by atoms with van der Waals surface area (Å²) in [5.74, 6) is 0.587. The predicted molar refractivity (Wildman–Crippen MR) is 86.2 cm³/mol. The van der Waals surface area contributed by atoms with E-state index in [1.54, 1.807) is 0 Å². The molecule has 0 aromatic heterocycles. The van der Waals surface area contributed by atoms with E-state index < -0.39 is 0 Å². The number of anilines is 1. The maximum atomic E-state index is 11.4. The molecular formula is C16H23ClN2O2. The fourth-order valence-electron chi connectivity index (χ4n) is 2.39. The Labute approximate surface area is 131 Å². The SMILES string of the molecule is CCCCN(CC)CC(Cl)c1ccc2c(c1)NC(=O)CO2. The number of carbonyl (C=O) groups is 1. The van der Waals surface area contributed by atoms with Crippen molar-refractivity contribution in [1.82, 2.24) is 4.90 Å². The summed E-state index contributed by atoms with van der Waals surface area (Å²) in [4.78, 5) is 13.7. The maximum absolute atomic E-state index is 11.4. The highest BCUT2D eigenvalue weighted by Crippen LogP contribution is 2.32. The molecule has 116 valence electrons. The Balaban J connectivity index is 2.03. The number of amides is 1. The molecule has 1 aliphatic rings. The zero-order valence-corrected chi connectivity index (χ0v) is 13.4. The molecule has 1 aromatic rings. The molecule has 1 atom stereocenters. The number of carbonyl (C=O) groups excluding carboxylic acids is 1. The van der Waals surface area contributed by atoms with Crippen molar-refractivity contribution in [1.29, 1.82) is 0 Å². The summed E-state index contributed by atoms with van der Waals surface area (Å²) in [7, 11) is 0. The molecule has 21 heavy (non-hydrogen) atoms. The van der Waals surface area contributed by atoms with Crippen LogP contribution in [0, 0.1) is 0 Å². The van der Waals surface area contributed by atoms with E-state index in [1.165, 1.54) is 12.8 Å². The highest BCUT2D eigenvalue weighted by molar-refractivity contribution is 6.21. The number of benzene rings is 1. The van der Waals surface area contributed by atoms with Crippen LogP contribution in [-0.2, 0) is 4.79 Å². The van der Waals surface area contributed by atoms with Gasteiger partial charge in [-0.15, -0.1) is 11.6 Å². The first-order valence-electron chi connectivity index (χ1n) is 7.57. The average molecular weight is 311 g/mol. The number of hydrogen-bond donors (Lipinski definition) is 1. The first-order chi connectivity index (χ1) is 10.1. The van der Waals surface area contributed by atoms with E-state index in [2.05, 4.69) is 24.1 Å². The normalized spacial score (nSPS) is 15.3. The summed E-state index contributed by atoms with van der Waals surface area (Å²) in [5, 5.41) is 2.73. The van der Waals surface area contributed by atoms with Crippen molar-refractivity contribution in [2.75, 3.05) is 31.6 Å². The lowest BCUT2D eigenvalue weighted by molar-refractivity contribution is -0.118. The van der Waals surface area contributed by atoms with Crippen LogP contribution in [-0.4, -0.2) is 37.0 Å². The topological polar surface area (TPSA) is 41.6 Å². The lowest BCUT2D eigenvalue weighted by Gasteiger charge is -2.24. The fourth-order valence-corrected chi connectivity index (χ4v) is 2.72. The van der Waals surface area contributed by atoms with Crippen LogP contribution in [0.3, 0.4) is 0 Å². The van der Waals surface area contributed by atoms with E-state index in [-0.39, 0.29) is 17.9 Å². The summed E-state index contributed by atoms with van der Waals surface area (Å²) in [6.45, 7) is 7.30. The smallest absolute Gasteiger partial charge is 0.262 e. The van der Waals surface area contributed by atoms with Crippen molar-refractivity contribution in [3.63, 3.8) is 0 Å². The van der Waals surface area contributed by atoms with Crippen LogP contribution in [0.15, 0.2) is 18.2 Å². The Morgan fingerprint density at radius 1 is 1.43 bits per heavy atom. The number of likely N-dealkylation sites (N-methyl/N-ethyl adjacent to an activating group) is 1. The summed E-state index contributed by atoms with van der Waals surface area (Å²) >= 11 is 6.54. The highest BCUT2D eigenvalue weighted by atomic mass is 35.5. The van der Waals surface area contributed by atoms with Crippen LogP contribution in [0.1, 0.15) is 37.6 Å². The molecule has 0 bridgehead atoms. The molecule has 0 radical (unpaired) electrons. The predicted octanol–water partition coefficient (Wildman–Crippen LogP) is 3.42. The second-order valence-electron chi connectivity index (χ2n) is 5.31. The van der Waals surface area contributed by atoms with Gasteiger partial charge in [-0.2, -0.15) is 0 Å². The number of hydrogen-bond acceptors (Lipinski definition) is 3. The molecule has 1 aromatic carbocycles. The number of rotatable bonds is 7. The molecule has 0 aliphatic carbocycles. The molecule has 1 amide bonds. The number of nitrogens with zero attached hydrogens (tertiary/aromatic N) is 1. The van der Waals surface area contributed by atoms with Crippen LogP contribution < -0.4 is 10.1 Å². The van der Waals surface area contributed by atoms with Crippen molar-refractivity contribution in [2.45, 2.75) is 32.1 Å². The van der Waals surface area contributed by atoms with E-state index in [1.807, 2.05) is 18.2 Å². The molecular weight excluding hydrogens is 288 g/mol. The molecule has 0 saturated heterocycles. The van der Waals surface area contributed by atoms with Crippen LogP contribution in [0.25, 0.3) is 0 Å². The molecule has 2 rings (SSSR count).